The van der Waals surface area contributed by atoms with Crippen molar-refractivity contribution >= 4 is 52.6 Å². The van der Waals surface area contributed by atoms with E-state index in [1.54, 1.807) is 18.2 Å². The molecule has 0 saturated carbocycles. The predicted molar refractivity (Wildman–Crippen MR) is 114 cm³/mol. The van der Waals surface area contributed by atoms with Crippen molar-refractivity contribution in [2.45, 2.75) is 6.42 Å². The second-order valence-corrected chi connectivity index (χ2v) is 7.38. The maximum absolute atomic E-state index is 12.5. The molecule has 162 valence electrons. The number of nitrogens with zero attached hydrogens (tertiary/aromatic N) is 1. The Morgan fingerprint density at radius 2 is 1.81 bits per heavy atom. The highest BCUT2D eigenvalue weighted by Crippen LogP contribution is 2.29. The Balaban J connectivity index is 1.62. The summed E-state index contributed by atoms with van der Waals surface area (Å²) in [5.74, 6) is -2.34. The van der Waals surface area contributed by atoms with Gasteiger partial charge in [0.15, 0.2) is 6.61 Å². The van der Waals surface area contributed by atoms with Gasteiger partial charge >= 0.3 is 5.97 Å². The first-order chi connectivity index (χ1) is 14.8. The van der Waals surface area contributed by atoms with Crippen LogP contribution in [0.3, 0.4) is 0 Å². The first kappa shape index (κ1) is 22.7. The van der Waals surface area contributed by atoms with E-state index in [4.69, 9.17) is 32.7 Å². The summed E-state index contributed by atoms with van der Waals surface area (Å²) < 4.78 is 9.95. The van der Waals surface area contributed by atoms with Crippen molar-refractivity contribution < 1.29 is 28.7 Å². The summed E-state index contributed by atoms with van der Waals surface area (Å²) >= 11 is 11.9. The number of methoxy groups -OCH3 is 1. The molecule has 8 nitrogen and oxygen atoms in total. The summed E-state index contributed by atoms with van der Waals surface area (Å²) in [5.41, 5.74) is 0.664. The molecule has 0 saturated heterocycles. The van der Waals surface area contributed by atoms with Crippen molar-refractivity contribution in [2.24, 2.45) is 0 Å². The van der Waals surface area contributed by atoms with E-state index in [1.165, 1.54) is 25.3 Å². The molecule has 2 aromatic carbocycles. The van der Waals surface area contributed by atoms with Crippen LogP contribution in [0.25, 0.3) is 0 Å². The summed E-state index contributed by atoms with van der Waals surface area (Å²) in [6, 6.07) is 8.79. The zero-order valence-corrected chi connectivity index (χ0v) is 18.0. The monoisotopic (exact) mass is 464 g/mol. The van der Waals surface area contributed by atoms with E-state index in [-0.39, 0.29) is 39.0 Å². The summed E-state index contributed by atoms with van der Waals surface area (Å²) in [6.07, 6.45) is 0.503. The van der Waals surface area contributed by atoms with Crippen LogP contribution in [0.2, 0.25) is 10.0 Å². The van der Waals surface area contributed by atoms with Gasteiger partial charge in [-0.3, -0.25) is 19.3 Å². The van der Waals surface area contributed by atoms with Crippen LogP contribution >= 0.6 is 23.2 Å². The molecule has 0 bridgehead atoms. The number of hydrogen-bond donors (Lipinski definition) is 1. The number of halogens is 2. The second kappa shape index (κ2) is 9.91. The number of nitrogens with one attached hydrogen (secondary N) is 1. The van der Waals surface area contributed by atoms with Gasteiger partial charge in [0.1, 0.15) is 0 Å². The van der Waals surface area contributed by atoms with Crippen molar-refractivity contribution in [1.82, 2.24) is 4.90 Å². The molecule has 0 radical (unpaired) electrons. The molecule has 31 heavy (non-hydrogen) atoms. The smallest absolute Gasteiger partial charge is 0.338 e. The van der Waals surface area contributed by atoms with Gasteiger partial charge in [0.25, 0.3) is 17.7 Å². The van der Waals surface area contributed by atoms with Crippen LogP contribution in [0.4, 0.5) is 5.69 Å². The van der Waals surface area contributed by atoms with E-state index in [0.29, 0.717) is 13.0 Å². The highest BCUT2D eigenvalue weighted by Gasteiger charge is 2.35. The number of fused-ring (bicyclic) bond motifs is 1. The molecule has 1 N–H and O–H groups in total. The number of imide groups is 1. The van der Waals surface area contributed by atoms with Crippen molar-refractivity contribution in [2.75, 3.05) is 32.2 Å². The molecule has 1 heterocycles. The number of rotatable bonds is 8. The number of benzene rings is 2. The molecule has 0 aromatic heterocycles. The molecule has 1 aliphatic rings. The summed E-state index contributed by atoms with van der Waals surface area (Å²) in [5, 5.41) is 2.93. The Hall–Kier alpha value is -2.94. The molecule has 0 atom stereocenters. The third-order valence-corrected chi connectivity index (χ3v) is 5.32. The number of anilines is 1. The van der Waals surface area contributed by atoms with Crippen LogP contribution in [0.1, 0.15) is 37.5 Å². The number of carbonyl (C=O) groups excluding carboxylic acids is 4. The lowest BCUT2D eigenvalue weighted by molar-refractivity contribution is -0.119. The highest BCUT2D eigenvalue weighted by molar-refractivity contribution is 6.44. The standard InChI is InChI=1S/C21H18Cl2N2O6/c1-30-9-3-8-25-19(27)13-7-6-12(10-14(13)20(25)28)21(29)31-11-17(26)24-16-5-2-4-15(22)18(16)23/h2,4-7,10H,3,8-9,11H2,1H3,(H,24,26). The van der Waals surface area contributed by atoms with Gasteiger partial charge in [-0.25, -0.2) is 4.79 Å². The first-order valence-electron chi connectivity index (χ1n) is 9.23. The molecule has 10 heteroatoms. The number of ether oxygens (including phenoxy) is 2. The van der Waals surface area contributed by atoms with E-state index in [1.807, 2.05) is 0 Å². The van der Waals surface area contributed by atoms with Gasteiger partial charge in [-0.1, -0.05) is 29.3 Å². The quantitative estimate of drug-likeness (QED) is 0.364. The van der Waals surface area contributed by atoms with Crippen LogP contribution in [-0.2, 0) is 14.3 Å². The molecule has 2 aromatic rings. The van der Waals surface area contributed by atoms with E-state index < -0.39 is 30.3 Å². The van der Waals surface area contributed by atoms with Crippen LogP contribution in [0, 0.1) is 0 Å². The number of esters is 1. The lowest BCUT2D eigenvalue weighted by Crippen LogP contribution is -2.31. The van der Waals surface area contributed by atoms with Crippen LogP contribution in [0.15, 0.2) is 36.4 Å². The fraction of sp³-hybridized carbons (Fsp3) is 0.238. The highest BCUT2D eigenvalue weighted by atomic mass is 35.5. The number of hydrogen-bond acceptors (Lipinski definition) is 6. The Morgan fingerprint density at radius 3 is 2.55 bits per heavy atom. The zero-order valence-electron chi connectivity index (χ0n) is 16.4. The Morgan fingerprint density at radius 1 is 1.06 bits per heavy atom. The van der Waals surface area contributed by atoms with Gasteiger partial charge in [-0.2, -0.15) is 0 Å². The first-order valence-corrected chi connectivity index (χ1v) is 9.99. The SMILES string of the molecule is COCCCN1C(=O)c2ccc(C(=O)OCC(=O)Nc3cccc(Cl)c3Cl)cc2C1=O. The van der Waals surface area contributed by atoms with Crippen molar-refractivity contribution in [3.63, 3.8) is 0 Å². The van der Waals surface area contributed by atoms with E-state index in [2.05, 4.69) is 5.32 Å². The molecule has 3 rings (SSSR count). The van der Waals surface area contributed by atoms with Gasteiger partial charge in [-0.05, 0) is 36.8 Å². The van der Waals surface area contributed by atoms with Gasteiger partial charge < -0.3 is 14.8 Å². The van der Waals surface area contributed by atoms with E-state index >= 15 is 0 Å². The summed E-state index contributed by atoms with van der Waals surface area (Å²) in [7, 11) is 1.53. The van der Waals surface area contributed by atoms with Crippen molar-refractivity contribution in [3.8, 4) is 0 Å². The Kier molecular flexibility index (Phi) is 7.27. The fourth-order valence-corrected chi connectivity index (χ4v) is 3.34. The molecule has 0 unspecified atom stereocenters. The number of amides is 3. The lowest BCUT2D eigenvalue weighted by Gasteiger charge is -2.12. The van der Waals surface area contributed by atoms with Crippen LogP contribution in [-0.4, -0.2) is 55.5 Å². The van der Waals surface area contributed by atoms with Crippen molar-refractivity contribution in [3.05, 3.63) is 63.1 Å². The lowest BCUT2D eigenvalue weighted by atomic mass is 10.1. The molecular weight excluding hydrogens is 447 g/mol. The third kappa shape index (κ3) is 5.04. The maximum atomic E-state index is 12.5. The average molecular weight is 465 g/mol. The molecule has 1 aliphatic heterocycles. The van der Waals surface area contributed by atoms with Gasteiger partial charge in [0.2, 0.25) is 0 Å². The molecule has 0 spiro atoms. The largest absolute Gasteiger partial charge is 0.452 e. The minimum Gasteiger partial charge on any atom is -0.452 e. The van der Waals surface area contributed by atoms with E-state index in [0.717, 1.165) is 4.90 Å². The number of carbonyl (C=O) groups is 4. The Labute approximate surface area is 188 Å². The van der Waals surface area contributed by atoms with E-state index in [9.17, 15) is 19.2 Å². The van der Waals surface area contributed by atoms with Crippen molar-refractivity contribution in [1.29, 1.82) is 0 Å². The van der Waals surface area contributed by atoms with Gasteiger partial charge in [0.05, 0.1) is 32.4 Å². The predicted octanol–water partition coefficient (Wildman–Crippen LogP) is 3.42. The minimum atomic E-state index is -0.812. The topological polar surface area (TPSA) is 102 Å². The van der Waals surface area contributed by atoms with Gasteiger partial charge in [-0.15, -0.1) is 0 Å². The van der Waals surface area contributed by atoms with Crippen LogP contribution < -0.4 is 5.32 Å². The van der Waals surface area contributed by atoms with Gasteiger partial charge in [0, 0.05) is 20.3 Å². The normalized spacial score (nSPS) is 12.7. The maximum Gasteiger partial charge on any atom is 0.338 e. The molecular formula is C21H18Cl2N2O6. The van der Waals surface area contributed by atoms with Crippen LogP contribution in [0.5, 0.6) is 0 Å². The second-order valence-electron chi connectivity index (χ2n) is 6.59. The summed E-state index contributed by atoms with van der Waals surface area (Å²) in [4.78, 5) is 50.4. The fourth-order valence-electron chi connectivity index (χ4n) is 2.99. The zero-order chi connectivity index (χ0) is 22.5. The molecule has 0 fully saturated rings. The average Bonchev–Trinajstić information content (AvgIpc) is 2.99. The third-order valence-electron chi connectivity index (χ3n) is 4.50. The molecule has 0 aliphatic carbocycles. The Bertz CT molecular complexity index is 1060. The minimum absolute atomic E-state index is 0.0484. The summed E-state index contributed by atoms with van der Waals surface area (Å²) in [6.45, 7) is 0.0500. The molecule has 3 amide bonds.